The molecule has 1 saturated heterocycles. The van der Waals surface area contributed by atoms with Gasteiger partial charge in [-0.3, -0.25) is 19.7 Å². The first-order chi connectivity index (χ1) is 16.5. The molecular formula is C26H32N4O4. The number of ether oxygens (including phenoxy) is 1. The normalized spacial score (nSPS) is 31.2. The number of amides is 3. The lowest BCUT2D eigenvalue weighted by molar-refractivity contribution is -0.136. The quantitative estimate of drug-likeness (QED) is 0.626. The highest BCUT2D eigenvalue weighted by molar-refractivity contribution is 6.05. The number of hydrogen-bond acceptors (Lipinski definition) is 6. The minimum Gasteiger partial charge on any atom is -0.489 e. The molecule has 2 aliphatic carbocycles. The predicted octanol–water partition coefficient (Wildman–Crippen LogP) is 2.67. The van der Waals surface area contributed by atoms with Crippen LogP contribution in [-0.2, 0) is 16.1 Å². The Bertz CT molecular complexity index is 1010. The molecule has 0 spiro atoms. The molecule has 1 aromatic carbocycles. The van der Waals surface area contributed by atoms with Gasteiger partial charge in [-0.1, -0.05) is 0 Å². The topological polar surface area (TPSA) is 112 Å². The number of benzene rings is 1. The molecule has 3 fully saturated rings. The fourth-order valence-corrected chi connectivity index (χ4v) is 5.91. The van der Waals surface area contributed by atoms with Gasteiger partial charge in [0.25, 0.3) is 5.91 Å². The summed E-state index contributed by atoms with van der Waals surface area (Å²) in [6, 6.07) is 7.68. The van der Waals surface area contributed by atoms with Crippen LogP contribution in [0.25, 0.3) is 0 Å². The van der Waals surface area contributed by atoms with Crippen molar-refractivity contribution in [1.82, 2.24) is 15.5 Å². The number of fused-ring (bicyclic) bond motifs is 1. The Morgan fingerprint density at radius 2 is 1.91 bits per heavy atom. The molecule has 1 aromatic rings. The van der Waals surface area contributed by atoms with E-state index in [9.17, 15) is 14.4 Å². The van der Waals surface area contributed by atoms with Gasteiger partial charge in [-0.2, -0.15) is 5.26 Å². The zero-order valence-corrected chi connectivity index (χ0v) is 19.4. The minimum absolute atomic E-state index is 0.0943. The Kier molecular flexibility index (Phi) is 6.55. The molecule has 0 aromatic heterocycles. The Morgan fingerprint density at radius 3 is 2.68 bits per heavy atom. The predicted molar refractivity (Wildman–Crippen MR) is 124 cm³/mol. The fourth-order valence-electron chi connectivity index (χ4n) is 5.91. The first-order valence-corrected chi connectivity index (χ1v) is 12.6. The number of hydrogen-bond donors (Lipinski definition) is 2. The number of nitrogens with one attached hydrogen (secondary N) is 2. The molecule has 180 valence electrons. The van der Waals surface area contributed by atoms with Gasteiger partial charge >= 0.3 is 0 Å². The fraction of sp³-hybridized carbons (Fsp3) is 0.615. The van der Waals surface area contributed by atoms with Crippen molar-refractivity contribution in [3.05, 3.63) is 29.3 Å². The maximum atomic E-state index is 12.9. The SMILES string of the molecule is N#CC1CCC(CN[C@@H]2CCC[C@H]2Oc2ccc3c(c2)CN([C@@H]2CCC(=O)NC2=O)C3=O)CC1. The van der Waals surface area contributed by atoms with Gasteiger partial charge in [0.2, 0.25) is 11.8 Å². The van der Waals surface area contributed by atoms with E-state index in [0.29, 0.717) is 30.5 Å². The van der Waals surface area contributed by atoms with Gasteiger partial charge in [-0.05, 0) is 87.6 Å². The van der Waals surface area contributed by atoms with E-state index in [1.807, 2.05) is 12.1 Å². The van der Waals surface area contributed by atoms with Crippen LogP contribution < -0.4 is 15.4 Å². The van der Waals surface area contributed by atoms with Crippen LogP contribution in [0.15, 0.2) is 18.2 Å². The number of carbonyl (C=O) groups excluding carboxylic acids is 3. The number of carbonyl (C=O) groups is 3. The van der Waals surface area contributed by atoms with Crippen LogP contribution >= 0.6 is 0 Å². The summed E-state index contributed by atoms with van der Waals surface area (Å²) >= 11 is 0. The van der Waals surface area contributed by atoms with Gasteiger partial charge in [0.15, 0.2) is 0 Å². The van der Waals surface area contributed by atoms with E-state index in [0.717, 1.165) is 62.8 Å². The van der Waals surface area contributed by atoms with Crippen LogP contribution in [0.1, 0.15) is 73.7 Å². The van der Waals surface area contributed by atoms with E-state index in [1.165, 1.54) is 0 Å². The third-order valence-electron chi connectivity index (χ3n) is 7.93. The molecule has 34 heavy (non-hydrogen) atoms. The molecule has 2 saturated carbocycles. The van der Waals surface area contributed by atoms with Crippen molar-refractivity contribution in [1.29, 1.82) is 5.26 Å². The van der Waals surface area contributed by atoms with Crippen LogP contribution in [-0.4, -0.2) is 47.4 Å². The lowest BCUT2D eigenvalue weighted by atomic mass is 9.82. The molecule has 2 N–H and O–H groups in total. The van der Waals surface area contributed by atoms with Gasteiger partial charge in [0.1, 0.15) is 17.9 Å². The number of nitrogens with zero attached hydrogens (tertiary/aromatic N) is 2. The third-order valence-corrected chi connectivity index (χ3v) is 7.93. The van der Waals surface area contributed by atoms with E-state index in [2.05, 4.69) is 16.7 Å². The van der Waals surface area contributed by atoms with Gasteiger partial charge in [-0.15, -0.1) is 0 Å². The maximum Gasteiger partial charge on any atom is 0.255 e. The van der Waals surface area contributed by atoms with Crippen molar-refractivity contribution >= 4 is 17.7 Å². The van der Waals surface area contributed by atoms with E-state index in [-0.39, 0.29) is 30.3 Å². The molecule has 0 radical (unpaired) electrons. The number of nitriles is 1. The van der Waals surface area contributed by atoms with Crippen LogP contribution in [0.4, 0.5) is 0 Å². The second-order valence-corrected chi connectivity index (χ2v) is 10.2. The second kappa shape index (κ2) is 9.75. The summed E-state index contributed by atoms with van der Waals surface area (Å²) in [6.45, 7) is 1.33. The van der Waals surface area contributed by atoms with Gasteiger partial charge in [-0.25, -0.2) is 0 Å². The highest BCUT2D eigenvalue weighted by atomic mass is 16.5. The van der Waals surface area contributed by atoms with Crippen LogP contribution in [0.2, 0.25) is 0 Å². The highest BCUT2D eigenvalue weighted by Gasteiger charge is 2.39. The molecule has 8 nitrogen and oxygen atoms in total. The summed E-state index contributed by atoms with van der Waals surface area (Å²) in [5, 5.41) is 15.2. The van der Waals surface area contributed by atoms with Crippen molar-refractivity contribution in [3.63, 3.8) is 0 Å². The monoisotopic (exact) mass is 464 g/mol. The summed E-state index contributed by atoms with van der Waals surface area (Å²) in [5.74, 6) is 0.782. The van der Waals surface area contributed by atoms with Crippen LogP contribution in [0, 0.1) is 23.2 Å². The highest BCUT2D eigenvalue weighted by Crippen LogP contribution is 2.33. The standard InChI is InChI=1S/C26H32N4O4/c27-13-16-4-6-17(7-5-16)14-28-21-2-1-3-23(21)34-19-8-9-20-18(12-19)15-30(26(20)33)22-10-11-24(31)29-25(22)32/h8-9,12,16-17,21-23,28H,1-7,10-11,14-15H2,(H,29,31,32)/t16?,17?,21-,22-,23-/m1/s1. The summed E-state index contributed by atoms with van der Waals surface area (Å²) in [4.78, 5) is 38.2. The van der Waals surface area contributed by atoms with Crippen molar-refractivity contribution in [2.24, 2.45) is 11.8 Å². The first-order valence-electron chi connectivity index (χ1n) is 12.6. The smallest absolute Gasteiger partial charge is 0.255 e. The molecular weight excluding hydrogens is 432 g/mol. The third kappa shape index (κ3) is 4.67. The van der Waals surface area contributed by atoms with E-state index < -0.39 is 11.9 Å². The van der Waals surface area contributed by atoms with E-state index in [4.69, 9.17) is 10.00 Å². The molecule has 0 unspecified atom stereocenters. The first kappa shape index (κ1) is 22.9. The zero-order chi connectivity index (χ0) is 23.7. The van der Waals surface area contributed by atoms with Gasteiger partial charge < -0.3 is 15.0 Å². The van der Waals surface area contributed by atoms with Crippen molar-refractivity contribution in [3.8, 4) is 11.8 Å². The molecule has 4 aliphatic rings. The van der Waals surface area contributed by atoms with Gasteiger partial charge in [0, 0.05) is 30.5 Å². The molecule has 0 bridgehead atoms. The summed E-state index contributed by atoms with van der Waals surface area (Å²) in [7, 11) is 0. The number of rotatable bonds is 6. The number of imide groups is 1. The van der Waals surface area contributed by atoms with Crippen molar-refractivity contribution < 1.29 is 19.1 Å². The molecule has 5 rings (SSSR count). The maximum absolute atomic E-state index is 12.9. The average Bonchev–Trinajstić information content (AvgIpc) is 3.41. The van der Waals surface area contributed by atoms with Crippen LogP contribution in [0.5, 0.6) is 5.75 Å². The average molecular weight is 465 g/mol. The molecule has 3 amide bonds. The molecule has 2 heterocycles. The summed E-state index contributed by atoms with van der Waals surface area (Å²) < 4.78 is 6.38. The summed E-state index contributed by atoms with van der Waals surface area (Å²) in [6.07, 6.45) is 8.17. The summed E-state index contributed by atoms with van der Waals surface area (Å²) in [5.41, 5.74) is 1.47. The molecule has 2 aliphatic heterocycles. The lowest BCUT2D eigenvalue weighted by Crippen LogP contribution is -2.52. The zero-order valence-electron chi connectivity index (χ0n) is 19.4. The lowest BCUT2D eigenvalue weighted by Gasteiger charge is -2.29. The largest absolute Gasteiger partial charge is 0.489 e. The Hall–Kier alpha value is -2.92. The van der Waals surface area contributed by atoms with Crippen LogP contribution in [0.3, 0.4) is 0 Å². The van der Waals surface area contributed by atoms with E-state index >= 15 is 0 Å². The Balaban J connectivity index is 1.18. The minimum atomic E-state index is -0.603. The Morgan fingerprint density at radius 1 is 1.09 bits per heavy atom. The van der Waals surface area contributed by atoms with Gasteiger partial charge in [0.05, 0.1) is 6.07 Å². The molecule has 8 heteroatoms. The Labute approximate surface area is 200 Å². The molecule has 3 atom stereocenters. The number of piperidine rings is 1. The second-order valence-electron chi connectivity index (χ2n) is 10.2. The van der Waals surface area contributed by atoms with Crippen molar-refractivity contribution in [2.45, 2.75) is 82.5 Å². The van der Waals surface area contributed by atoms with E-state index in [1.54, 1.807) is 11.0 Å². The van der Waals surface area contributed by atoms with Crippen molar-refractivity contribution in [2.75, 3.05) is 6.54 Å².